The lowest BCUT2D eigenvalue weighted by molar-refractivity contribution is -0.212. The number of nitrogens with zero attached hydrogens (tertiary/aromatic N) is 2. The molecule has 0 saturated carbocycles. The molecule has 3 aliphatic rings. The zero-order valence-corrected chi connectivity index (χ0v) is 17.5. The first-order valence-electron chi connectivity index (χ1n) is 9.60. The summed E-state index contributed by atoms with van der Waals surface area (Å²) >= 11 is 3.59. The second kappa shape index (κ2) is 6.29. The van der Waals surface area contributed by atoms with Crippen LogP contribution in [0.15, 0.2) is 52.0 Å². The molecule has 1 fully saturated rings. The molecule has 2 aromatic rings. The van der Waals surface area contributed by atoms with Gasteiger partial charge in [-0.25, -0.2) is 9.40 Å². The van der Waals surface area contributed by atoms with Gasteiger partial charge in [0.25, 0.3) is 0 Å². The van der Waals surface area contributed by atoms with E-state index in [0.29, 0.717) is 6.61 Å². The van der Waals surface area contributed by atoms with Crippen LogP contribution in [0.4, 0.5) is 4.39 Å². The molecule has 2 atom stereocenters. The summed E-state index contributed by atoms with van der Waals surface area (Å²) in [6.45, 7) is 4.83. The number of hydrazone groups is 1. The molecule has 0 aliphatic carbocycles. The van der Waals surface area contributed by atoms with Gasteiger partial charge in [0.2, 0.25) is 5.72 Å². The summed E-state index contributed by atoms with van der Waals surface area (Å²) in [5.74, 6) is 0.679. The molecule has 1 saturated heterocycles. The van der Waals surface area contributed by atoms with Crippen LogP contribution in [-0.4, -0.2) is 28.7 Å². The third-order valence-corrected chi connectivity index (χ3v) is 6.32. The molecule has 3 aliphatic heterocycles. The molecule has 0 aromatic heterocycles. The first-order chi connectivity index (χ1) is 13.4. The number of ether oxygens (including phenoxy) is 2. The smallest absolute Gasteiger partial charge is 0.203 e. The van der Waals surface area contributed by atoms with Gasteiger partial charge in [0.1, 0.15) is 11.6 Å². The number of hydrogen-bond donors (Lipinski definition) is 0. The van der Waals surface area contributed by atoms with Gasteiger partial charge in [0, 0.05) is 29.3 Å². The highest BCUT2D eigenvalue weighted by molar-refractivity contribution is 9.10. The minimum Gasteiger partial charge on any atom is -0.466 e. The van der Waals surface area contributed by atoms with Gasteiger partial charge < -0.3 is 9.47 Å². The highest BCUT2D eigenvalue weighted by atomic mass is 79.9. The first-order valence-corrected chi connectivity index (χ1v) is 10.4. The van der Waals surface area contributed by atoms with Crippen LogP contribution >= 0.6 is 15.9 Å². The van der Waals surface area contributed by atoms with Crippen molar-refractivity contribution >= 4 is 21.6 Å². The van der Waals surface area contributed by atoms with Gasteiger partial charge in [0.05, 0.1) is 24.0 Å². The van der Waals surface area contributed by atoms with Crippen molar-refractivity contribution in [3.63, 3.8) is 0 Å². The third kappa shape index (κ3) is 2.94. The van der Waals surface area contributed by atoms with Crippen LogP contribution in [0.1, 0.15) is 50.3 Å². The van der Waals surface area contributed by atoms with E-state index in [4.69, 9.17) is 14.6 Å². The maximum absolute atomic E-state index is 13.4. The Bertz CT molecular complexity index is 960. The molecule has 4 nitrogen and oxygen atoms in total. The van der Waals surface area contributed by atoms with E-state index in [1.165, 1.54) is 12.1 Å². The van der Waals surface area contributed by atoms with Crippen molar-refractivity contribution in [3.8, 4) is 5.75 Å². The summed E-state index contributed by atoms with van der Waals surface area (Å²) in [5, 5.41) is 7.16. The van der Waals surface area contributed by atoms with E-state index in [-0.39, 0.29) is 17.5 Å². The lowest BCUT2D eigenvalue weighted by Crippen LogP contribution is -2.60. The zero-order valence-electron chi connectivity index (χ0n) is 15.9. The predicted molar refractivity (Wildman–Crippen MR) is 109 cm³/mol. The second-order valence-corrected chi connectivity index (χ2v) is 9.30. The maximum atomic E-state index is 13.4. The number of rotatable bonds is 1. The molecule has 28 heavy (non-hydrogen) atoms. The molecule has 3 heterocycles. The number of fused-ring (bicyclic) bond motifs is 4. The van der Waals surface area contributed by atoms with Crippen molar-refractivity contribution in [2.24, 2.45) is 5.10 Å². The van der Waals surface area contributed by atoms with Crippen LogP contribution in [-0.2, 0) is 4.74 Å². The Hall–Kier alpha value is -1.92. The molecule has 0 radical (unpaired) electrons. The molecule has 1 spiro atoms. The van der Waals surface area contributed by atoms with Crippen molar-refractivity contribution in [2.75, 3.05) is 6.61 Å². The van der Waals surface area contributed by atoms with Crippen LogP contribution in [0.3, 0.4) is 0 Å². The Morgan fingerprint density at radius 3 is 2.71 bits per heavy atom. The molecule has 5 rings (SSSR count). The third-order valence-electron chi connectivity index (χ3n) is 5.82. The summed E-state index contributed by atoms with van der Waals surface area (Å²) in [4.78, 5) is 0. The molecule has 2 unspecified atom stereocenters. The average molecular weight is 445 g/mol. The zero-order chi connectivity index (χ0) is 19.5. The maximum Gasteiger partial charge on any atom is 0.203 e. The highest BCUT2D eigenvalue weighted by Crippen LogP contribution is 2.52. The van der Waals surface area contributed by atoms with E-state index >= 15 is 0 Å². The van der Waals surface area contributed by atoms with Gasteiger partial charge >= 0.3 is 0 Å². The Morgan fingerprint density at radius 2 is 1.96 bits per heavy atom. The van der Waals surface area contributed by atoms with Crippen LogP contribution in [0.2, 0.25) is 0 Å². The highest BCUT2D eigenvalue weighted by Gasteiger charge is 2.54. The van der Waals surface area contributed by atoms with Gasteiger partial charge in [-0.3, -0.25) is 0 Å². The molecule has 6 heteroatoms. The summed E-state index contributed by atoms with van der Waals surface area (Å²) in [7, 11) is 0. The van der Waals surface area contributed by atoms with Crippen LogP contribution in [0.5, 0.6) is 5.75 Å². The molecule has 0 bridgehead atoms. The Balaban J connectivity index is 1.61. The SMILES string of the molecule is CC1(C)CC2(CCO1)Oc1ccc(Br)cc1C1CC(c3ccc(F)cc3)=NN12. The van der Waals surface area contributed by atoms with Crippen molar-refractivity contribution in [3.05, 3.63) is 63.9 Å². The van der Waals surface area contributed by atoms with Crippen molar-refractivity contribution in [1.29, 1.82) is 0 Å². The fourth-order valence-corrected chi connectivity index (χ4v) is 5.02. The van der Waals surface area contributed by atoms with E-state index in [2.05, 4.69) is 40.9 Å². The van der Waals surface area contributed by atoms with E-state index in [0.717, 1.165) is 46.3 Å². The predicted octanol–water partition coefficient (Wildman–Crippen LogP) is 5.42. The lowest BCUT2D eigenvalue weighted by atomic mass is 9.86. The van der Waals surface area contributed by atoms with Gasteiger partial charge in [-0.05, 0) is 49.7 Å². The summed E-state index contributed by atoms with van der Waals surface area (Å²) in [5.41, 5.74) is 2.22. The number of halogens is 2. The molecular weight excluding hydrogens is 423 g/mol. The van der Waals surface area contributed by atoms with Crippen LogP contribution in [0.25, 0.3) is 0 Å². The lowest BCUT2D eigenvalue weighted by Gasteiger charge is -2.52. The monoisotopic (exact) mass is 444 g/mol. The first kappa shape index (κ1) is 18.1. The van der Waals surface area contributed by atoms with E-state index in [1.54, 1.807) is 12.1 Å². The van der Waals surface area contributed by atoms with E-state index < -0.39 is 5.72 Å². The molecule has 2 aromatic carbocycles. The Morgan fingerprint density at radius 1 is 1.18 bits per heavy atom. The normalized spacial score (nSPS) is 27.8. The van der Waals surface area contributed by atoms with Gasteiger partial charge in [-0.1, -0.05) is 28.1 Å². The van der Waals surface area contributed by atoms with E-state index in [9.17, 15) is 4.39 Å². The van der Waals surface area contributed by atoms with Gasteiger partial charge in [0.15, 0.2) is 0 Å². The second-order valence-electron chi connectivity index (χ2n) is 8.38. The minimum atomic E-state index is -0.533. The Kier molecular flexibility index (Phi) is 4.07. The molecule has 0 N–H and O–H groups in total. The minimum absolute atomic E-state index is 0.0928. The van der Waals surface area contributed by atoms with Crippen molar-refractivity contribution in [2.45, 2.75) is 50.5 Å². The van der Waals surface area contributed by atoms with Crippen molar-refractivity contribution < 1.29 is 13.9 Å². The van der Waals surface area contributed by atoms with Crippen molar-refractivity contribution in [1.82, 2.24) is 5.01 Å². The van der Waals surface area contributed by atoms with E-state index in [1.807, 2.05) is 12.1 Å². The van der Waals surface area contributed by atoms with Crippen LogP contribution in [0, 0.1) is 5.82 Å². The fourth-order valence-electron chi connectivity index (χ4n) is 4.64. The summed E-state index contributed by atoms with van der Waals surface area (Å²) < 4.78 is 27.0. The molecular formula is C22H22BrFN2O2. The number of benzene rings is 2. The van der Waals surface area contributed by atoms with Gasteiger partial charge in [-0.2, -0.15) is 5.10 Å². The fraction of sp³-hybridized carbons (Fsp3) is 0.409. The quantitative estimate of drug-likeness (QED) is 0.588. The topological polar surface area (TPSA) is 34.1 Å². The Labute approximate surface area is 172 Å². The standard InChI is InChI=1S/C22H22BrFN2O2/c1-21(2)13-22(9-10-27-21)26-19(17-11-15(23)5-8-20(17)28-22)12-18(25-26)14-3-6-16(24)7-4-14/h3-8,11,19H,9-10,12-13H2,1-2H3. The summed E-state index contributed by atoms with van der Waals surface area (Å²) in [6.07, 6.45) is 2.25. The van der Waals surface area contributed by atoms with Gasteiger partial charge in [-0.15, -0.1) is 0 Å². The largest absolute Gasteiger partial charge is 0.466 e. The van der Waals surface area contributed by atoms with Crippen LogP contribution < -0.4 is 4.74 Å². The average Bonchev–Trinajstić information content (AvgIpc) is 3.09. The molecule has 146 valence electrons. The molecule has 0 amide bonds. The summed E-state index contributed by atoms with van der Waals surface area (Å²) in [6, 6.07) is 12.8. The number of hydrogen-bond acceptors (Lipinski definition) is 4.